The van der Waals surface area contributed by atoms with Gasteiger partial charge in [-0.1, -0.05) is 23.7 Å². The maximum atomic E-state index is 12.3. The van der Waals surface area contributed by atoms with Crippen LogP contribution >= 0.6 is 11.6 Å². The molecule has 20 heavy (non-hydrogen) atoms. The average Bonchev–Trinajstić information content (AvgIpc) is 2.39. The molecule has 1 saturated heterocycles. The highest BCUT2D eigenvalue weighted by Crippen LogP contribution is 2.26. The van der Waals surface area contributed by atoms with Crippen LogP contribution in [0, 0.1) is 0 Å². The summed E-state index contributed by atoms with van der Waals surface area (Å²) in [5.41, 5.74) is -1.55. The van der Waals surface area contributed by atoms with E-state index in [2.05, 4.69) is 4.72 Å². The van der Waals surface area contributed by atoms with E-state index in [1.807, 2.05) is 0 Å². The van der Waals surface area contributed by atoms with Gasteiger partial charge in [0.1, 0.15) is 10.4 Å². The summed E-state index contributed by atoms with van der Waals surface area (Å²) in [6.45, 7) is 0.384. The van der Waals surface area contributed by atoms with E-state index < -0.39 is 21.5 Å². The molecule has 0 amide bonds. The fraction of sp³-hybridized carbons (Fsp3) is 0.417. The lowest BCUT2D eigenvalue weighted by atomic mass is 9.92. The van der Waals surface area contributed by atoms with Crippen molar-refractivity contribution in [1.82, 2.24) is 4.72 Å². The van der Waals surface area contributed by atoms with Crippen molar-refractivity contribution in [2.45, 2.75) is 23.3 Å². The minimum atomic E-state index is -4.01. The molecule has 1 aliphatic rings. The van der Waals surface area contributed by atoms with Gasteiger partial charge in [-0.3, -0.25) is 4.79 Å². The summed E-state index contributed by atoms with van der Waals surface area (Å²) in [7, 11) is -4.01. The summed E-state index contributed by atoms with van der Waals surface area (Å²) in [6.07, 6.45) is 0.151. The quantitative estimate of drug-likeness (QED) is 0.871. The van der Waals surface area contributed by atoms with Crippen LogP contribution in [0.25, 0.3) is 0 Å². The number of sulfonamides is 1. The van der Waals surface area contributed by atoms with Gasteiger partial charge in [0.2, 0.25) is 10.0 Å². The number of benzene rings is 1. The second kappa shape index (κ2) is 5.69. The van der Waals surface area contributed by atoms with Crippen molar-refractivity contribution in [3.8, 4) is 0 Å². The minimum absolute atomic E-state index is 0.0487. The van der Waals surface area contributed by atoms with Crippen LogP contribution in [0.15, 0.2) is 29.2 Å². The van der Waals surface area contributed by atoms with Crippen LogP contribution in [0.3, 0.4) is 0 Å². The summed E-state index contributed by atoms with van der Waals surface area (Å²) in [5, 5.41) is 9.40. The number of carboxylic acids is 1. The maximum Gasteiger partial charge on any atom is 0.325 e. The fourth-order valence-electron chi connectivity index (χ4n) is 2.05. The molecule has 2 N–H and O–H groups in total. The first kappa shape index (κ1) is 15.2. The Hall–Kier alpha value is -1.15. The average molecular weight is 320 g/mol. The Morgan fingerprint density at radius 3 is 2.45 bits per heavy atom. The van der Waals surface area contributed by atoms with Gasteiger partial charge in [-0.15, -0.1) is 0 Å². The zero-order chi connectivity index (χ0) is 14.8. The molecule has 0 radical (unpaired) electrons. The van der Waals surface area contributed by atoms with Crippen molar-refractivity contribution < 1.29 is 23.1 Å². The lowest BCUT2D eigenvalue weighted by molar-refractivity contribution is -0.147. The van der Waals surface area contributed by atoms with Crippen molar-refractivity contribution in [2.24, 2.45) is 0 Å². The monoisotopic (exact) mass is 319 g/mol. The molecule has 0 aromatic heterocycles. The van der Waals surface area contributed by atoms with Gasteiger partial charge in [0.25, 0.3) is 0 Å². The maximum absolute atomic E-state index is 12.3. The Bertz CT molecular complexity index is 610. The standard InChI is InChI=1S/C12H14ClNO5S/c13-9-3-1-2-4-10(9)20(17,18)14-12(11(15)16)5-7-19-8-6-12/h1-4,14H,5-8H2,(H,15,16). The van der Waals surface area contributed by atoms with Gasteiger partial charge < -0.3 is 9.84 Å². The van der Waals surface area contributed by atoms with Gasteiger partial charge in [-0.05, 0) is 12.1 Å². The first-order valence-electron chi connectivity index (χ1n) is 5.97. The topological polar surface area (TPSA) is 92.7 Å². The van der Waals surface area contributed by atoms with E-state index in [0.717, 1.165) is 0 Å². The Balaban J connectivity index is 2.35. The van der Waals surface area contributed by atoms with E-state index >= 15 is 0 Å². The normalized spacial score (nSPS) is 18.6. The predicted octanol–water partition coefficient (Wildman–Crippen LogP) is 1.25. The van der Waals surface area contributed by atoms with Crippen LogP contribution in [-0.4, -0.2) is 38.2 Å². The van der Waals surface area contributed by atoms with Crippen LogP contribution < -0.4 is 4.72 Å². The van der Waals surface area contributed by atoms with Crippen LogP contribution in [0.1, 0.15) is 12.8 Å². The van der Waals surface area contributed by atoms with E-state index in [1.54, 1.807) is 6.07 Å². The Kier molecular flexibility index (Phi) is 4.33. The van der Waals surface area contributed by atoms with Crippen LogP contribution in [-0.2, 0) is 19.6 Å². The lowest BCUT2D eigenvalue weighted by Gasteiger charge is -2.33. The highest BCUT2D eigenvalue weighted by molar-refractivity contribution is 7.89. The second-order valence-electron chi connectivity index (χ2n) is 4.54. The molecule has 0 aliphatic carbocycles. The molecule has 1 aromatic carbocycles. The summed E-state index contributed by atoms with van der Waals surface area (Å²) in [4.78, 5) is 11.3. The molecule has 6 nitrogen and oxygen atoms in total. The molecule has 0 bridgehead atoms. The van der Waals surface area contributed by atoms with Crippen molar-refractivity contribution in [1.29, 1.82) is 0 Å². The van der Waals surface area contributed by atoms with Crippen LogP contribution in [0.2, 0.25) is 5.02 Å². The molecule has 0 atom stereocenters. The Labute approximate surface area is 121 Å². The number of hydrogen-bond acceptors (Lipinski definition) is 4. The number of halogens is 1. The highest BCUT2D eigenvalue weighted by Gasteiger charge is 2.44. The first-order valence-corrected chi connectivity index (χ1v) is 7.83. The van der Waals surface area contributed by atoms with Gasteiger partial charge in [0.15, 0.2) is 0 Å². The van der Waals surface area contributed by atoms with Gasteiger partial charge in [-0.25, -0.2) is 8.42 Å². The molecule has 1 fully saturated rings. The van der Waals surface area contributed by atoms with Gasteiger partial charge in [-0.2, -0.15) is 4.72 Å². The molecule has 110 valence electrons. The zero-order valence-electron chi connectivity index (χ0n) is 10.5. The number of carboxylic acid groups (broad SMARTS) is 1. The van der Waals surface area contributed by atoms with Gasteiger partial charge >= 0.3 is 5.97 Å². The van der Waals surface area contributed by atoms with Crippen molar-refractivity contribution in [2.75, 3.05) is 13.2 Å². The number of rotatable bonds is 4. The molecule has 1 aromatic rings. The SMILES string of the molecule is O=C(O)C1(NS(=O)(=O)c2ccccc2Cl)CCOCC1. The van der Waals surface area contributed by atoms with E-state index in [4.69, 9.17) is 16.3 Å². The third-order valence-corrected chi connectivity index (χ3v) is 5.25. The van der Waals surface area contributed by atoms with E-state index in [0.29, 0.717) is 0 Å². The summed E-state index contributed by atoms with van der Waals surface area (Å²) < 4.78 is 32.0. The molecule has 1 heterocycles. The Morgan fingerprint density at radius 1 is 1.30 bits per heavy atom. The van der Waals surface area contributed by atoms with Gasteiger partial charge in [0, 0.05) is 26.1 Å². The number of hydrogen-bond donors (Lipinski definition) is 2. The minimum Gasteiger partial charge on any atom is -0.480 e. The third kappa shape index (κ3) is 2.95. The molecule has 8 heteroatoms. The molecule has 0 unspecified atom stereocenters. The number of aliphatic carboxylic acids is 1. The summed E-state index contributed by atoms with van der Waals surface area (Å²) in [5.74, 6) is -1.21. The van der Waals surface area contributed by atoms with E-state index in [9.17, 15) is 18.3 Å². The predicted molar refractivity (Wildman–Crippen MR) is 72.2 cm³/mol. The molecule has 0 saturated carbocycles. The largest absolute Gasteiger partial charge is 0.480 e. The summed E-state index contributed by atoms with van der Waals surface area (Å²) in [6, 6.07) is 5.90. The van der Waals surface area contributed by atoms with Crippen molar-refractivity contribution >= 4 is 27.6 Å². The smallest absolute Gasteiger partial charge is 0.325 e. The molecule has 1 aliphatic heterocycles. The van der Waals surface area contributed by atoms with Crippen molar-refractivity contribution in [3.05, 3.63) is 29.3 Å². The van der Waals surface area contributed by atoms with Crippen LogP contribution in [0.4, 0.5) is 0 Å². The lowest BCUT2D eigenvalue weighted by Crippen LogP contribution is -2.57. The zero-order valence-corrected chi connectivity index (χ0v) is 12.1. The second-order valence-corrected chi connectivity index (χ2v) is 6.59. The highest BCUT2D eigenvalue weighted by atomic mass is 35.5. The van der Waals surface area contributed by atoms with E-state index in [1.165, 1.54) is 18.2 Å². The third-order valence-electron chi connectivity index (χ3n) is 3.21. The van der Waals surface area contributed by atoms with Gasteiger partial charge in [0.05, 0.1) is 5.02 Å². The molecular formula is C12H14ClNO5S. The van der Waals surface area contributed by atoms with Crippen LogP contribution in [0.5, 0.6) is 0 Å². The fourth-order valence-corrected chi connectivity index (χ4v) is 3.99. The van der Waals surface area contributed by atoms with E-state index in [-0.39, 0.29) is 36.0 Å². The Morgan fingerprint density at radius 2 is 1.90 bits per heavy atom. The number of ether oxygens (including phenoxy) is 1. The summed E-state index contributed by atoms with van der Waals surface area (Å²) >= 11 is 5.86. The number of nitrogens with one attached hydrogen (secondary N) is 1. The molecular weight excluding hydrogens is 306 g/mol. The first-order chi connectivity index (χ1) is 9.37. The molecule has 0 spiro atoms. The van der Waals surface area contributed by atoms with Crippen molar-refractivity contribution in [3.63, 3.8) is 0 Å². The number of carbonyl (C=O) groups is 1. The molecule has 2 rings (SSSR count).